The third kappa shape index (κ3) is 2.98. The van der Waals surface area contributed by atoms with Crippen LogP contribution in [0.1, 0.15) is 12.5 Å². The lowest BCUT2D eigenvalue weighted by atomic mass is 10.1. The molecule has 18 heavy (non-hydrogen) atoms. The first-order valence-electron chi connectivity index (χ1n) is 6.40. The van der Waals surface area contributed by atoms with Gasteiger partial charge in [0.2, 0.25) is 0 Å². The van der Waals surface area contributed by atoms with Gasteiger partial charge in [-0.05, 0) is 31.6 Å². The van der Waals surface area contributed by atoms with Gasteiger partial charge in [0.25, 0.3) is 0 Å². The quantitative estimate of drug-likeness (QED) is 0.609. The average molecular weight is 249 g/mol. The lowest BCUT2D eigenvalue weighted by molar-refractivity contribution is 0.250. The van der Waals surface area contributed by atoms with E-state index in [-0.39, 0.29) is 0 Å². The highest BCUT2D eigenvalue weighted by Gasteiger charge is 2.30. The number of hydrogen-bond donors (Lipinski definition) is 2. The van der Waals surface area contributed by atoms with Crippen LogP contribution in [0.5, 0.6) is 0 Å². The molecule has 2 atom stereocenters. The number of aromatic nitrogens is 1. The van der Waals surface area contributed by atoms with E-state index < -0.39 is 0 Å². The van der Waals surface area contributed by atoms with Gasteiger partial charge in [-0.25, -0.2) is 10.8 Å². The van der Waals surface area contributed by atoms with Gasteiger partial charge in [0, 0.05) is 31.9 Å². The molecule has 2 unspecified atom stereocenters. The number of hydrogen-bond acceptors (Lipinski definition) is 5. The van der Waals surface area contributed by atoms with E-state index in [1.807, 2.05) is 12.3 Å². The molecule has 0 aromatic carbocycles. The third-order valence-corrected chi connectivity index (χ3v) is 3.69. The van der Waals surface area contributed by atoms with Crippen molar-refractivity contribution in [2.75, 3.05) is 32.6 Å². The van der Waals surface area contributed by atoms with Crippen LogP contribution >= 0.6 is 0 Å². The summed E-state index contributed by atoms with van der Waals surface area (Å²) >= 11 is 0. The van der Waals surface area contributed by atoms with Crippen LogP contribution in [-0.4, -0.2) is 48.0 Å². The highest BCUT2D eigenvalue weighted by molar-refractivity contribution is 5.33. The summed E-state index contributed by atoms with van der Waals surface area (Å²) in [5.74, 6) is 6.73. The smallest absolute Gasteiger partial charge is 0.139 e. The molecule has 1 fully saturated rings. The second kappa shape index (κ2) is 5.65. The molecule has 0 radical (unpaired) electrons. The highest BCUT2D eigenvalue weighted by atomic mass is 15.3. The van der Waals surface area contributed by atoms with E-state index in [1.54, 1.807) is 0 Å². The molecule has 0 amide bonds. The molecule has 1 aromatic rings. The zero-order valence-corrected chi connectivity index (χ0v) is 11.4. The second-order valence-electron chi connectivity index (χ2n) is 5.40. The molecule has 1 aliphatic heterocycles. The Bertz CT molecular complexity index is 375. The predicted octanol–water partition coefficient (Wildman–Crippen LogP) is 0.749. The minimum atomic E-state index is 0.656. The molecule has 0 spiro atoms. The van der Waals surface area contributed by atoms with Gasteiger partial charge in [0.05, 0.1) is 0 Å². The molecule has 5 heteroatoms. The Labute approximate surface area is 109 Å². The SMILES string of the molecule is CC1CN(Cc2ccc(NN)nc2)CC1N(C)C. The van der Waals surface area contributed by atoms with Crippen LogP contribution in [-0.2, 0) is 6.54 Å². The van der Waals surface area contributed by atoms with E-state index in [4.69, 9.17) is 5.84 Å². The van der Waals surface area contributed by atoms with E-state index in [0.717, 1.165) is 25.6 Å². The number of likely N-dealkylation sites (N-methyl/N-ethyl adjacent to an activating group) is 1. The lowest BCUT2D eigenvalue weighted by Gasteiger charge is -2.22. The van der Waals surface area contributed by atoms with Crippen LogP contribution in [0.15, 0.2) is 18.3 Å². The van der Waals surface area contributed by atoms with Gasteiger partial charge in [0.1, 0.15) is 5.82 Å². The topological polar surface area (TPSA) is 57.4 Å². The standard InChI is InChI=1S/C13H23N5/c1-10-7-18(9-12(10)17(2)3)8-11-4-5-13(16-14)15-6-11/h4-6,10,12H,7-9,14H2,1-3H3,(H,15,16). The minimum absolute atomic E-state index is 0.656. The Morgan fingerprint density at radius 3 is 2.72 bits per heavy atom. The fraction of sp³-hybridized carbons (Fsp3) is 0.615. The summed E-state index contributed by atoms with van der Waals surface area (Å²) in [7, 11) is 4.32. The van der Waals surface area contributed by atoms with Crippen molar-refractivity contribution < 1.29 is 0 Å². The van der Waals surface area contributed by atoms with Crippen molar-refractivity contribution in [1.82, 2.24) is 14.8 Å². The van der Waals surface area contributed by atoms with Crippen molar-refractivity contribution in [3.63, 3.8) is 0 Å². The van der Waals surface area contributed by atoms with E-state index in [1.165, 1.54) is 5.56 Å². The summed E-state index contributed by atoms with van der Waals surface area (Å²) in [6.45, 7) is 5.57. The molecule has 2 heterocycles. The fourth-order valence-electron chi connectivity index (χ4n) is 2.71. The Kier molecular flexibility index (Phi) is 4.16. The van der Waals surface area contributed by atoms with Gasteiger partial charge >= 0.3 is 0 Å². The molecule has 1 saturated heterocycles. The molecule has 5 nitrogen and oxygen atoms in total. The molecular formula is C13H23N5. The monoisotopic (exact) mass is 249 g/mol. The number of nitrogen functional groups attached to an aromatic ring is 1. The van der Waals surface area contributed by atoms with Crippen molar-refractivity contribution in [3.8, 4) is 0 Å². The largest absolute Gasteiger partial charge is 0.308 e. The summed E-state index contributed by atoms with van der Waals surface area (Å²) in [5, 5.41) is 0. The van der Waals surface area contributed by atoms with Crippen molar-refractivity contribution in [2.24, 2.45) is 11.8 Å². The van der Waals surface area contributed by atoms with Crippen LogP contribution < -0.4 is 11.3 Å². The van der Waals surface area contributed by atoms with Gasteiger partial charge in [-0.3, -0.25) is 4.90 Å². The summed E-state index contributed by atoms with van der Waals surface area (Å²) < 4.78 is 0. The number of rotatable bonds is 4. The summed E-state index contributed by atoms with van der Waals surface area (Å²) in [6, 6.07) is 4.65. The molecule has 3 N–H and O–H groups in total. The highest BCUT2D eigenvalue weighted by Crippen LogP contribution is 2.21. The number of nitrogens with zero attached hydrogens (tertiary/aromatic N) is 3. The Morgan fingerprint density at radius 2 is 2.22 bits per heavy atom. The zero-order valence-electron chi connectivity index (χ0n) is 11.4. The van der Waals surface area contributed by atoms with E-state index in [9.17, 15) is 0 Å². The third-order valence-electron chi connectivity index (χ3n) is 3.69. The molecule has 1 aliphatic rings. The van der Waals surface area contributed by atoms with Crippen LogP contribution in [0.4, 0.5) is 5.82 Å². The Hall–Kier alpha value is -1.17. The molecule has 0 bridgehead atoms. The van der Waals surface area contributed by atoms with Crippen molar-refractivity contribution in [1.29, 1.82) is 0 Å². The Morgan fingerprint density at radius 1 is 1.44 bits per heavy atom. The molecule has 1 aromatic heterocycles. The first-order valence-corrected chi connectivity index (χ1v) is 6.40. The minimum Gasteiger partial charge on any atom is -0.308 e. The number of pyridine rings is 1. The maximum atomic E-state index is 5.30. The first-order chi connectivity index (χ1) is 8.60. The number of nitrogens with two attached hydrogens (primary N) is 1. The zero-order chi connectivity index (χ0) is 13.1. The van der Waals surface area contributed by atoms with E-state index in [0.29, 0.717) is 11.9 Å². The average Bonchev–Trinajstić information content (AvgIpc) is 2.71. The van der Waals surface area contributed by atoms with E-state index in [2.05, 4.69) is 47.3 Å². The summed E-state index contributed by atoms with van der Waals surface area (Å²) in [6.07, 6.45) is 1.89. The molecular weight excluding hydrogens is 226 g/mol. The van der Waals surface area contributed by atoms with Gasteiger partial charge in [-0.1, -0.05) is 13.0 Å². The van der Waals surface area contributed by atoms with Crippen LogP contribution in [0.25, 0.3) is 0 Å². The number of nitrogens with one attached hydrogen (secondary N) is 1. The predicted molar refractivity (Wildman–Crippen MR) is 74.0 cm³/mol. The van der Waals surface area contributed by atoms with Crippen molar-refractivity contribution >= 4 is 5.82 Å². The van der Waals surface area contributed by atoms with Crippen LogP contribution in [0.3, 0.4) is 0 Å². The number of hydrazine groups is 1. The lowest BCUT2D eigenvalue weighted by Crippen LogP contribution is -2.34. The molecule has 0 saturated carbocycles. The maximum absolute atomic E-state index is 5.30. The summed E-state index contributed by atoms with van der Waals surface area (Å²) in [4.78, 5) is 9.05. The van der Waals surface area contributed by atoms with Gasteiger partial charge in [0.15, 0.2) is 0 Å². The van der Waals surface area contributed by atoms with Gasteiger partial charge < -0.3 is 10.3 Å². The van der Waals surface area contributed by atoms with Crippen LogP contribution in [0.2, 0.25) is 0 Å². The summed E-state index contributed by atoms with van der Waals surface area (Å²) in [5.41, 5.74) is 3.78. The van der Waals surface area contributed by atoms with Crippen molar-refractivity contribution in [3.05, 3.63) is 23.9 Å². The second-order valence-corrected chi connectivity index (χ2v) is 5.40. The normalized spacial score (nSPS) is 24.7. The molecule has 2 rings (SSSR count). The maximum Gasteiger partial charge on any atom is 0.139 e. The van der Waals surface area contributed by atoms with Crippen LogP contribution in [0, 0.1) is 5.92 Å². The first kappa shape index (κ1) is 13.3. The van der Waals surface area contributed by atoms with Gasteiger partial charge in [-0.15, -0.1) is 0 Å². The number of likely N-dealkylation sites (tertiary alicyclic amines) is 1. The number of anilines is 1. The van der Waals surface area contributed by atoms with Gasteiger partial charge in [-0.2, -0.15) is 0 Å². The van der Waals surface area contributed by atoms with E-state index >= 15 is 0 Å². The molecule has 100 valence electrons. The fourth-order valence-corrected chi connectivity index (χ4v) is 2.71. The van der Waals surface area contributed by atoms with Crippen molar-refractivity contribution in [2.45, 2.75) is 19.5 Å². The Balaban J connectivity index is 1.94. The molecule has 0 aliphatic carbocycles.